The van der Waals surface area contributed by atoms with E-state index in [0.717, 1.165) is 23.2 Å². The molecule has 1 amide bonds. The summed E-state index contributed by atoms with van der Waals surface area (Å²) in [5.41, 5.74) is 1.25. The third-order valence-corrected chi connectivity index (χ3v) is 8.06. The third-order valence-electron chi connectivity index (χ3n) is 5.15. The van der Waals surface area contributed by atoms with Gasteiger partial charge in [-0.3, -0.25) is 9.69 Å². The van der Waals surface area contributed by atoms with Crippen LogP contribution in [0.5, 0.6) is 0 Å². The maximum Gasteiger partial charge on any atom is 0.260 e. The lowest BCUT2D eigenvalue weighted by Gasteiger charge is -2.22. The molecular formula is C25H30N4O3S2. The SMILES string of the molecule is C=CCN(CC=C)S(=O)(=O)c1ccc(C(=O)N(CCCN(C)C)c2nc3ccccc3s2)cc1. The van der Waals surface area contributed by atoms with Gasteiger partial charge in [-0.25, -0.2) is 13.4 Å². The molecule has 0 bridgehead atoms. The van der Waals surface area contributed by atoms with Crippen molar-refractivity contribution in [1.29, 1.82) is 0 Å². The van der Waals surface area contributed by atoms with Crippen molar-refractivity contribution in [2.24, 2.45) is 0 Å². The monoisotopic (exact) mass is 498 g/mol. The summed E-state index contributed by atoms with van der Waals surface area (Å²) in [4.78, 5) is 22.0. The van der Waals surface area contributed by atoms with E-state index in [2.05, 4.69) is 23.0 Å². The van der Waals surface area contributed by atoms with E-state index >= 15 is 0 Å². The highest BCUT2D eigenvalue weighted by molar-refractivity contribution is 7.89. The molecule has 0 N–H and O–H groups in total. The Morgan fingerprint density at radius 2 is 1.65 bits per heavy atom. The Labute approximate surface area is 205 Å². The minimum atomic E-state index is -3.73. The predicted molar refractivity (Wildman–Crippen MR) is 140 cm³/mol. The van der Waals surface area contributed by atoms with Crippen molar-refractivity contribution in [2.75, 3.05) is 45.2 Å². The number of anilines is 1. The molecule has 0 aliphatic heterocycles. The van der Waals surface area contributed by atoms with Crippen molar-refractivity contribution in [2.45, 2.75) is 11.3 Å². The summed E-state index contributed by atoms with van der Waals surface area (Å²) < 4.78 is 28.2. The van der Waals surface area contributed by atoms with E-state index in [1.54, 1.807) is 17.0 Å². The van der Waals surface area contributed by atoms with E-state index in [0.29, 0.717) is 17.2 Å². The molecule has 0 spiro atoms. The summed E-state index contributed by atoms with van der Waals surface area (Å²) in [6.45, 7) is 8.93. The largest absolute Gasteiger partial charge is 0.309 e. The van der Waals surface area contributed by atoms with Crippen LogP contribution in [0.4, 0.5) is 5.13 Å². The fourth-order valence-electron chi connectivity index (χ4n) is 3.44. The molecule has 180 valence electrons. The molecule has 0 saturated carbocycles. The van der Waals surface area contributed by atoms with Crippen LogP contribution in [0.25, 0.3) is 10.2 Å². The average molecular weight is 499 g/mol. The van der Waals surface area contributed by atoms with Gasteiger partial charge in [-0.15, -0.1) is 13.2 Å². The maximum absolute atomic E-state index is 13.5. The molecule has 0 atom stereocenters. The third kappa shape index (κ3) is 5.98. The van der Waals surface area contributed by atoms with Gasteiger partial charge in [0, 0.05) is 25.2 Å². The second-order valence-corrected chi connectivity index (χ2v) is 10.9. The van der Waals surface area contributed by atoms with Crippen LogP contribution >= 0.6 is 11.3 Å². The van der Waals surface area contributed by atoms with Crippen molar-refractivity contribution < 1.29 is 13.2 Å². The molecule has 1 aromatic heterocycles. The lowest BCUT2D eigenvalue weighted by molar-refractivity contribution is 0.0986. The number of amides is 1. The first kappa shape index (κ1) is 25.8. The number of carbonyl (C=O) groups excluding carboxylic acids is 1. The van der Waals surface area contributed by atoms with Gasteiger partial charge in [0.2, 0.25) is 10.0 Å². The molecule has 0 radical (unpaired) electrons. The van der Waals surface area contributed by atoms with Crippen LogP contribution in [0.1, 0.15) is 16.8 Å². The zero-order valence-electron chi connectivity index (χ0n) is 19.6. The fourth-order valence-corrected chi connectivity index (χ4v) is 5.81. The second-order valence-electron chi connectivity index (χ2n) is 8.00. The molecule has 2 aromatic carbocycles. The standard InChI is InChI=1S/C25H30N4O3S2/c1-5-16-28(17-6-2)34(31,32)21-14-12-20(13-15-21)24(30)29(19-9-18-27(3)4)25-26-22-10-7-8-11-23(22)33-25/h5-8,10-15H,1-2,9,16-19H2,3-4H3. The normalized spacial score (nSPS) is 11.8. The van der Waals surface area contributed by atoms with Gasteiger partial charge in [0.1, 0.15) is 0 Å². The summed E-state index contributed by atoms with van der Waals surface area (Å²) in [6.07, 6.45) is 3.84. The van der Waals surface area contributed by atoms with Gasteiger partial charge in [-0.05, 0) is 63.5 Å². The Kier molecular flexibility index (Phi) is 8.73. The number of para-hydroxylation sites is 1. The number of carbonyl (C=O) groups is 1. The number of thiazole rings is 1. The average Bonchev–Trinajstić information content (AvgIpc) is 3.25. The van der Waals surface area contributed by atoms with Crippen molar-refractivity contribution in [1.82, 2.24) is 14.2 Å². The molecule has 0 unspecified atom stereocenters. The van der Waals surface area contributed by atoms with E-state index < -0.39 is 10.0 Å². The highest BCUT2D eigenvalue weighted by Crippen LogP contribution is 2.30. The van der Waals surface area contributed by atoms with Crippen LogP contribution in [0.15, 0.2) is 78.7 Å². The lowest BCUT2D eigenvalue weighted by atomic mass is 10.2. The van der Waals surface area contributed by atoms with E-state index in [4.69, 9.17) is 0 Å². The quantitative estimate of drug-likeness (QED) is 0.349. The first-order chi connectivity index (χ1) is 16.3. The Bertz CT molecular complexity index is 1210. The minimum Gasteiger partial charge on any atom is -0.309 e. The van der Waals surface area contributed by atoms with Gasteiger partial charge in [0.25, 0.3) is 5.91 Å². The second kappa shape index (κ2) is 11.5. The number of nitrogens with zero attached hydrogens (tertiary/aromatic N) is 4. The van der Waals surface area contributed by atoms with E-state index in [1.807, 2.05) is 38.4 Å². The molecule has 3 aromatic rings. The van der Waals surface area contributed by atoms with Crippen molar-refractivity contribution in [3.63, 3.8) is 0 Å². The molecule has 0 saturated heterocycles. The number of sulfonamides is 1. The van der Waals surface area contributed by atoms with E-state index in [9.17, 15) is 13.2 Å². The number of fused-ring (bicyclic) bond motifs is 1. The molecule has 7 nitrogen and oxygen atoms in total. The summed E-state index contributed by atoms with van der Waals surface area (Å²) in [5.74, 6) is -0.212. The molecular weight excluding hydrogens is 468 g/mol. The van der Waals surface area contributed by atoms with E-state index in [-0.39, 0.29) is 23.9 Å². The Hall–Kier alpha value is -2.85. The topological polar surface area (TPSA) is 73.8 Å². The minimum absolute atomic E-state index is 0.117. The first-order valence-electron chi connectivity index (χ1n) is 10.9. The van der Waals surface area contributed by atoms with Crippen molar-refractivity contribution in [3.8, 4) is 0 Å². The Morgan fingerprint density at radius 1 is 1.00 bits per heavy atom. The highest BCUT2D eigenvalue weighted by Gasteiger charge is 2.25. The molecule has 0 aliphatic carbocycles. The summed E-state index contributed by atoms with van der Waals surface area (Å²) in [6, 6.07) is 13.8. The molecule has 0 aliphatic rings. The summed E-state index contributed by atoms with van der Waals surface area (Å²) in [7, 11) is 0.251. The van der Waals surface area contributed by atoms with Gasteiger partial charge in [-0.2, -0.15) is 4.31 Å². The first-order valence-corrected chi connectivity index (χ1v) is 13.2. The molecule has 1 heterocycles. The number of rotatable bonds is 12. The van der Waals surface area contributed by atoms with Crippen LogP contribution in [-0.4, -0.2) is 68.8 Å². The van der Waals surface area contributed by atoms with Gasteiger partial charge >= 0.3 is 0 Å². The summed E-state index contributed by atoms with van der Waals surface area (Å²) >= 11 is 1.47. The smallest absolute Gasteiger partial charge is 0.260 e. The summed E-state index contributed by atoms with van der Waals surface area (Å²) in [5, 5.41) is 0.629. The number of hydrogen-bond acceptors (Lipinski definition) is 6. The van der Waals surface area contributed by atoms with Crippen LogP contribution < -0.4 is 4.90 Å². The predicted octanol–water partition coefficient (Wildman–Crippen LogP) is 4.26. The fraction of sp³-hybridized carbons (Fsp3) is 0.280. The number of benzene rings is 2. The van der Waals surface area contributed by atoms with Crippen LogP contribution in [0, 0.1) is 0 Å². The molecule has 3 rings (SSSR count). The Balaban J connectivity index is 1.89. The maximum atomic E-state index is 13.5. The van der Waals surface area contributed by atoms with Gasteiger partial charge < -0.3 is 4.90 Å². The zero-order valence-corrected chi connectivity index (χ0v) is 21.2. The molecule has 34 heavy (non-hydrogen) atoms. The van der Waals surface area contributed by atoms with E-state index in [1.165, 1.54) is 39.9 Å². The number of hydrogen-bond donors (Lipinski definition) is 0. The zero-order chi connectivity index (χ0) is 24.7. The molecule has 9 heteroatoms. The van der Waals surface area contributed by atoms with Gasteiger partial charge in [-0.1, -0.05) is 35.6 Å². The van der Waals surface area contributed by atoms with Gasteiger partial charge in [0.15, 0.2) is 5.13 Å². The number of aromatic nitrogens is 1. The van der Waals surface area contributed by atoms with Crippen LogP contribution in [-0.2, 0) is 10.0 Å². The lowest BCUT2D eigenvalue weighted by Crippen LogP contribution is -2.33. The van der Waals surface area contributed by atoms with Crippen LogP contribution in [0.2, 0.25) is 0 Å². The van der Waals surface area contributed by atoms with Gasteiger partial charge in [0.05, 0.1) is 15.1 Å². The highest BCUT2D eigenvalue weighted by atomic mass is 32.2. The van der Waals surface area contributed by atoms with Crippen molar-refractivity contribution >= 4 is 42.6 Å². The Morgan fingerprint density at radius 3 is 2.24 bits per heavy atom. The van der Waals surface area contributed by atoms with Crippen molar-refractivity contribution in [3.05, 3.63) is 79.4 Å². The molecule has 0 fully saturated rings. The van der Waals surface area contributed by atoms with Crippen LogP contribution in [0.3, 0.4) is 0 Å².